The van der Waals surface area contributed by atoms with Crippen LogP contribution in [0.1, 0.15) is 22.2 Å². The second kappa shape index (κ2) is 3.57. The second-order valence-electron chi connectivity index (χ2n) is 3.24. The van der Waals surface area contributed by atoms with Gasteiger partial charge < -0.3 is 25.1 Å². The molecular formula is C10H11NO5. The number of cyclic esters (lactones) is 1. The molecule has 1 aliphatic rings. The van der Waals surface area contributed by atoms with Crippen molar-refractivity contribution in [3.63, 3.8) is 0 Å². The highest BCUT2D eigenvalue weighted by Gasteiger charge is 2.36. The van der Waals surface area contributed by atoms with Gasteiger partial charge in [-0.2, -0.15) is 0 Å². The molecule has 16 heavy (non-hydrogen) atoms. The molecule has 0 saturated heterocycles. The number of fused-ring (bicyclic) bond motifs is 1. The zero-order valence-corrected chi connectivity index (χ0v) is 8.81. The lowest BCUT2D eigenvalue weighted by atomic mass is 10.0. The number of benzene rings is 1. The van der Waals surface area contributed by atoms with Gasteiger partial charge in [0.05, 0.1) is 31.0 Å². The summed E-state index contributed by atoms with van der Waals surface area (Å²) in [6.07, 6.45) is -1.34. The number of aliphatic hydroxyl groups is 1. The monoisotopic (exact) mass is 225 g/mol. The molecule has 0 aliphatic carbocycles. The molecule has 1 aliphatic heterocycles. The van der Waals surface area contributed by atoms with Crippen LogP contribution in [0.2, 0.25) is 0 Å². The maximum atomic E-state index is 11.5. The van der Waals surface area contributed by atoms with Gasteiger partial charge in [0.2, 0.25) is 6.29 Å². The summed E-state index contributed by atoms with van der Waals surface area (Å²) in [6.45, 7) is 0. The van der Waals surface area contributed by atoms with Gasteiger partial charge in [-0.1, -0.05) is 0 Å². The third-order valence-electron chi connectivity index (χ3n) is 2.44. The number of hydrogen-bond donors (Lipinski definition) is 2. The van der Waals surface area contributed by atoms with Crippen molar-refractivity contribution < 1.29 is 24.1 Å². The number of hydrogen-bond acceptors (Lipinski definition) is 6. The second-order valence-corrected chi connectivity index (χ2v) is 3.24. The van der Waals surface area contributed by atoms with Crippen molar-refractivity contribution in [1.29, 1.82) is 0 Å². The molecule has 1 aromatic rings. The Morgan fingerprint density at radius 1 is 1.38 bits per heavy atom. The van der Waals surface area contributed by atoms with Gasteiger partial charge in [-0.3, -0.25) is 0 Å². The summed E-state index contributed by atoms with van der Waals surface area (Å²) in [4.78, 5) is 11.5. The molecule has 2 rings (SSSR count). The van der Waals surface area contributed by atoms with Crippen LogP contribution in [0.4, 0.5) is 5.69 Å². The highest BCUT2D eigenvalue weighted by Crippen LogP contribution is 2.43. The van der Waals surface area contributed by atoms with E-state index in [1.807, 2.05) is 0 Å². The van der Waals surface area contributed by atoms with Gasteiger partial charge in [-0.15, -0.1) is 0 Å². The van der Waals surface area contributed by atoms with Crippen molar-refractivity contribution >= 4 is 11.7 Å². The van der Waals surface area contributed by atoms with Crippen molar-refractivity contribution in [2.45, 2.75) is 6.29 Å². The highest BCUT2D eigenvalue weighted by molar-refractivity contribution is 6.01. The maximum absolute atomic E-state index is 11.5. The van der Waals surface area contributed by atoms with Gasteiger partial charge in [0, 0.05) is 6.07 Å². The lowest BCUT2D eigenvalue weighted by Crippen LogP contribution is -2.04. The standard InChI is InChI=1S/C10H11NO5/c1-14-4-3-5(15-2)8(11)7-6(4)9(12)16-10(7)13/h3,9,12H,11H2,1-2H3. The van der Waals surface area contributed by atoms with E-state index in [2.05, 4.69) is 4.74 Å². The molecule has 3 N–H and O–H groups in total. The van der Waals surface area contributed by atoms with Gasteiger partial charge in [-0.25, -0.2) is 4.79 Å². The van der Waals surface area contributed by atoms with Gasteiger partial charge in [0.15, 0.2) is 0 Å². The Kier molecular flexibility index (Phi) is 2.35. The molecule has 0 radical (unpaired) electrons. The Labute approximate surface area is 91.5 Å². The van der Waals surface area contributed by atoms with E-state index in [1.165, 1.54) is 20.3 Å². The smallest absolute Gasteiger partial charge is 0.343 e. The largest absolute Gasteiger partial charge is 0.496 e. The van der Waals surface area contributed by atoms with Crippen molar-refractivity contribution in [2.24, 2.45) is 0 Å². The summed E-state index contributed by atoms with van der Waals surface area (Å²) in [5, 5.41) is 9.53. The van der Waals surface area contributed by atoms with Crippen molar-refractivity contribution in [1.82, 2.24) is 0 Å². The predicted molar refractivity (Wildman–Crippen MR) is 54.3 cm³/mol. The normalized spacial score (nSPS) is 17.9. The van der Waals surface area contributed by atoms with Crippen LogP contribution in [0, 0.1) is 0 Å². The van der Waals surface area contributed by atoms with Crippen LogP contribution in [-0.2, 0) is 4.74 Å². The van der Waals surface area contributed by atoms with Crippen LogP contribution in [0.15, 0.2) is 6.07 Å². The van der Waals surface area contributed by atoms with Gasteiger partial charge in [0.25, 0.3) is 0 Å². The minimum atomic E-state index is -1.34. The Morgan fingerprint density at radius 2 is 2.00 bits per heavy atom. The number of carbonyl (C=O) groups excluding carboxylic acids is 1. The van der Waals surface area contributed by atoms with Crippen molar-refractivity contribution in [3.05, 3.63) is 17.2 Å². The molecule has 1 heterocycles. The molecule has 0 amide bonds. The first kappa shape index (κ1) is 10.6. The van der Waals surface area contributed by atoms with Crippen LogP contribution in [0.3, 0.4) is 0 Å². The number of carbonyl (C=O) groups is 1. The van der Waals surface area contributed by atoms with Crippen LogP contribution >= 0.6 is 0 Å². The predicted octanol–water partition coefficient (Wildman–Crippen LogP) is 0.447. The highest BCUT2D eigenvalue weighted by atomic mass is 16.6. The maximum Gasteiger partial charge on any atom is 0.343 e. The van der Waals surface area contributed by atoms with E-state index in [1.54, 1.807) is 0 Å². The number of methoxy groups -OCH3 is 2. The number of anilines is 1. The molecular weight excluding hydrogens is 214 g/mol. The van der Waals surface area contributed by atoms with Crippen LogP contribution in [0.5, 0.6) is 11.5 Å². The molecule has 1 aromatic carbocycles. The number of nitrogens with two attached hydrogens (primary N) is 1. The fourth-order valence-electron chi connectivity index (χ4n) is 1.69. The van der Waals surface area contributed by atoms with E-state index in [-0.39, 0.29) is 16.8 Å². The van der Waals surface area contributed by atoms with E-state index in [9.17, 15) is 9.90 Å². The molecule has 86 valence electrons. The Bertz CT molecular complexity index is 457. The molecule has 0 spiro atoms. The first-order valence-corrected chi connectivity index (χ1v) is 4.53. The molecule has 0 fully saturated rings. The number of ether oxygens (including phenoxy) is 3. The van der Waals surface area contributed by atoms with Gasteiger partial charge >= 0.3 is 5.97 Å². The van der Waals surface area contributed by atoms with Gasteiger partial charge in [0.1, 0.15) is 11.5 Å². The first-order valence-electron chi connectivity index (χ1n) is 4.53. The van der Waals surface area contributed by atoms with Crippen molar-refractivity contribution in [3.8, 4) is 11.5 Å². The SMILES string of the molecule is COc1cc(OC)c2c(c1N)C(=O)OC2O. The molecule has 0 aromatic heterocycles. The van der Waals surface area contributed by atoms with Crippen LogP contribution < -0.4 is 15.2 Å². The minimum Gasteiger partial charge on any atom is -0.496 e. The Balaban J connectivity index is 2.73. The molecule has 0 saturated carbocycles. The summed E-state index contributed by atoms with van der Waals surface area (Å²) in [5.74, 6) is -0.0711. The molecule has 0 bridgehead atoms. The minimum absolute atomic E-state index is 0.101. The topological polar surface area (TPSA) is 91.0 Å². The van der Waals surface area contributed by atoms with Gasteiger partial charge in [-0.05, 0) is 0 Å². The van der Waals surface area contributed by atoms with E-state index >= 15 is 0 Å². The zero-order chi connectivity index (χ0) is 11.9. The average Bonchev–Trinajstić information content (AvgIpc) is 2.56. The summed E-state index contributed by atoms with van der Waals surface area (Å²) >= 11 is 0. The molecule has 6 heteroatoms. The van der Waals surface area contributed by atoms with E-state index in [0.29, 0.717) is 11.5 Å². The summed E-state index contributed by atoms with van der Waals surface area (Å²) in [7, 11) is 2.84. The zero-order valence-electron chi connectivity index (χ0n) is 8.81. The number of esters is 1. The number of aliphatic hydroxyl groups excluding tert-OH is 1. The fourth-order valence-corrected chi connectivity index (χ4v) is 1.69. The lowest BCUT2D eigenvalue weighted by Gasteiger charge is -2.12. The van der Waals surface area contributed by atoms with E-state index in [4.69, 9.17) is 15.2 Å². The third-order valence-corrected chi connectivity index (χ3v) is 2.44. The van der Waals surface area contributed by atoms with Crippen molar-refractivity contribution in [2.75, 3.05) is 20.0 Å². The van der Waals surface area contributed by atoms with Crippen LogP contribution in [0.25, 0.3) is 0 Å². The quantitative estimate of drug-likeness (QED) is 0.560. The van der Waals surface area contributed by atoms with E-state index < -0.39 is 12.3 Å². The fraction of sp³-hybridized carbons (Fsp3) is 0.300. The molecule has 1 unspecified atom stereocenters. The number of nitrogen functional groups attached to an aromatic ring is 1. The summed E-state index contributed by atoms with van der Waals surface area (Å²) < 4.78 is 14.7. The molecule has 1 atom stereocenters. The first-order chi connectivity index (χ1) is 7.60. The summed E-state index contributed by atoms with van der Waals surface area (Å²) in [5.41, 5.74) is 6.21. The third kappa shape index (κ3) is 1.27. The van der Waals surface area contributed by atoms with Crippen LogP contribution in [-0.4, -0.2) is 25.3 Å². The Hall–Kier alpha value is -1.95. The summed E-state index contributed by atoms with van der Waals surface area (Å²) in [6, 6.07) is 1.50. The average molecular weight is 225 g/mol. The van der Waals surface area contributed by atoms with E-state index in [0.717, 1.165) is 0 Å². The lowest BCUT2D eigenvalue weighted by molar-refractivity contribution is -0.0555. The molecule has 6 nitrogen and oxygen atoms in total. The number of rotatable bonds is 2. The Morgan fingerprint density at radius 3 is 2.56 bits per heavy atom.